The average Bonchev–Trinajstić information content (AvgIpc) is 2.25. The largest absolute Gasteiger partial charge is 0.352 e. The average molecular weight is 361 g/mol. The molecule has 4 heteroatoms. The summed E-state index contributed by atoms with van der Waals surface area (Å²) in [4.78, 5) is 4.20. The number of hydrogen-bond donors (Lipinski definition) is 2. The molecule has 0 aromatic heterocycles. The Hall–Kier alpha value is -0.780. The van der Waals surface area contributed by atoms with Crippen LogP contribution in [0.15, 0.2) is 29.3 Å². The van der Waals surface area contributed by atoms with Gasteiger partial charge in [0.1, 0.15) is 0 Å². The van der Waals surface area contributed by atoms with Crippen LogP contribution in [0.1, 0.15) is 31.9 Å². The first kappa shape index (κ1) is 17.2. The summed E-state index contributed by atoms with van der Waals surface area (Å²) in [7, 11) is 1.79. The molecule has 1 aromatic carbocycles. The molecule has 0 atom stereocenters. The van der Waals surface area contributed by atoms with E-state index in [0.717, 1.165) is 12.5 Å². The molecule has 1 aromatic rings. The molecule has 0 amide bonds. The number of guanidine groups is 1. The van der Waals surface area contributed by atoms with E-state index in [-0.39, 0.29) is 29.5 Å². The van der Waals surface area contributed by atoms with Gasteiger partial charge in [0.2, 0.25) is 0 Å². The third kappa shape index (κ3) is 6.83. The first-order chi connectivity index (χ1) is 7.90. The van der Waals surface area contributed by atoms with E-state index < -0.39 is 0 Å². The van der Waals surface area contributed by atoms with Crippen LogP contribution >= 0.6 is 24.0 Å². The zero-order valence-corrected chi connectivity index (χ0v) is 14.2. The van der Waals surface area contributed by atoms with Crippen LogP contribution in [-0.2, 0) is 6.54 Å². The van der Waals surface area contributed by atoms with Crippen molar-refractivity contribution in [2.75, 3.05) is 7.05 Å². The van der Waals surface area contributed by atoms with Crippen molar-refractivity contribution in [3.63, 3.8) is 0 Å². The van der Waals surface area contributed by atoms with Crippen LogP contribution < -0.4 is 10.6 Å². The van der Waals surface area contributed by atoms with E-state index in [1.54, 1.807) is 7.05 Å². The second-order valence-corrected chi connectivity index (χ2v) is 5.29. The first-order valence-corrected chi connectivity index (χ1v) is 5.95. The SMILES string of the molecule is CN=C(NCc1ccc(C)cc1)NC(C)(C)C.I. The minimum absolute atomic E-state index is 0. The van der Waals surface area contributed by atoms with Crippen LogP contribution in [0.2, 0.25) is 0 Å². The Bertz CT molecular complexity index is 377. The van der Waals surface area contributed by atoms with Gasteiger partial charge in [0.25, 0.3) is 0 Å². The molecule has 0 saturated carbocycles. The number of aryl methyl sites for hydroxylation is 1. The number of rotatable bonds is 2. The lowest BCUT2D eigenvalue weighted by molar-refractivity contribution is 0.501. The molecule has 0 spiro atoms. The molecule has 0 aliphatic carbocycles. The highest BCUT2D eigenvalue weighted by molar-refractivity contribution is 14.0. The van der Waals surface area contributed by atoms with Crippen molar-refractivity contribution < 1.29 is 0 Å². The second kappa shape index (κ2) is 7.61. The number of nitrogens with one attached hydrogen (secondary N) is 2. The minimum Gasteiger partial charge on any atom is -0.352 e. The molecule has 1 rings (SSSR count). The molecule has 3 nitrogen and oxygen atoms in total. The molecule has 2 N–H and O–H groups in total. The monoisotopic (exact) mass is 361 g/mol. The third-order valence-corrected chi connectivity index (χ3v) is 2.30. The lowest BCUT2D eigenvalue weighted by Crippen LogP contribution is -2.47. The van der Waals surface area contributed by atoms with Crippen LogP contribution in [0.3, 0.4) is 0 Å². The van der Waals surface area contributed by atoms with E-state index in [4.69, 9.17) is 0 Å². The highest BCUT2D eigenvalue weighted by Crippen LogP contribution is 2.03. The van der Waals surface area contributed by atoms with Crippen LogP contribution in [-0.4, -0.2) is 18.5 Å². The summed E-state index contributed by atoms with van der Waals surface area (Å²) >= 11 is 0. The van der Waals surface area contributed by atoms with Gasteiger partial charge in [0.15, 0.2) is 5.96 Å². The van der Waals surface area contributed by atoms with Crippen molar-refractivity contribution in [2.24, 2.45) is 4.99 Å². The second-order valence-electron chi connectivity index (χ2n) is 5.29. The summed E-state index contributed by atoms with van der Waals surface area (Å²) in [6.45, 7) is 9.23. The van der Waals surface area contributed by atoms with Crippen LogP contribution in [0.5, 0.6) is 0 Å². The van der Waals surface area contributed by atoms with E-state index in [1.807, 2.05) is 0 Å². The Kier molecular flexibility index (Phi) is 7.28. The van der Waals surface area contributed by atoms with Gasteiger partial charge in [-0.05, 0) is 33.3 Å². The van der Waals surface area contributed by atoms with Crippen molar-refractivity contribution in [3.05, 3.63) is 35.4 Å². The zero-order valence-electron chi connectivity index (χ0n) is 11.9. The molecule has 0 fully saturated rings. The van der Waals surface area contributed by atoms with Crippen molar-refractivity contribution in [2.45, 2.75) is 39.8 Å². The molecular formula is C14H24IN3. The molecular weight excluding hydrogens is 337 g/mol. The molecule has 0 aliphatic rings. The van der Waals surface area contributed by atoms with Gasteiger partial charge in [0.05, 0.1) is 0 Å². The number of aliphatic imine (C=N–C) groups is 1. The fraction of sp³-hybridized carbons (Fsp3) is 0.500. The summed E-state index contributed by atoms with van der Waals surface area (Å²) < 4.78 is 0. The quantitative estimate of drug-likeness (QED) is 0.483. The van der Waals surface area contributed by atoms with Crippen molar-refractivity contribution in [1.29, 1.82) is 0 Å². The molecule has 0 unspecified atom stereocenters. The normalized spacial score (nSPS) is 11.7. The van der Waals surface area contributed by atoms with Crippen molar-refractivity contribution in [1.82, 2.24) is 10.6 Å². The first-order valence-electron chi connectivity index (χ1n) is 5.95. The number of nitrogens with zero attached hydrogens (tertiary/aromatic N) is 1. The predicted molar refractivity (Wildman–Crippen MR) is 89.7 cm³/mol. The van der Waals surface area contributed by atoms with Gasteiger partial charge in [-0.2, -0.15) is 0 Å². The maximum Gasteiger partial charge on any atom is 0.191 e. The smallest absolute Gasteiger partial charge is 0.191 e. The molecule has 0 aliphatic heterocycles. The highest BCUT2D eigenvalue weighted by Gasteiger charge is 2.11. The standard InChI is InChI=1S/C14H23N3.HI/c1-11-6-8-12(9-7-11)10-16-13(15-5)17-14(2,3)4;/h6-9H,10H2,1-5H3,(H2,15,16,17);1H. The van der Waals surface area contributed by atoms with E-state index in [2.05, 4.69) is 67.6 Å². The lowest BCUT2D eigenvalue weighted by atomic mass is 10.1. The van der Waals surface area contributed by atoms with Gasteiger partial charge in [-0.25, -0.2) is 0 Å². The molecule has 0 saturated heterocycles. The van der Waals surface area contributed by atoms with Crippen molar-refractivity contribution in [3.8, 4) is 0 Å². The highest BCUT2D eigenvalue weighted by atomic mass is 127. The third-order valence-electron chi connectivity index (χ3n) is 2.30. The Labute approximate surface area is 127 Å². The van der Waals surface area contributed by atoms with Crippen LogP contribution in [0.4, 0.5) is 0 Å². The summed E-state index contributed by atoms with van der Waals surface area (Å²) in [5, 5.41) is 6.63. The minimum atomic E-state index is 0. The fourth-order valence-corrected chi connectivity index (χ4v) is 1.43. The lowest BCUT2D eigenvalue weighted by Gasteiger charge is -2.23. The van der Waals surface area contributed by atoms with Gasteiger partial charge in [0, 0.05) is 19.1 Å². The number of hydrogen-bond acceptors (Lipinski definition) is 1. The Morgan fingerprint density at radius 3 is 2.17 bits per heavy atom. The fourth-order valence-electron chi connectivity index (χ4n) is 1.43. The van der Waals surface area contributed by atoms with E-state index >= 15 is 0 Å². The molecule has 0 heterocycles. The van der Waals surface area contributed by atoms with Crippen LogP contribution in [0, 0.1) is 6.92 Å². The van der Waals surface area contributed by atoms with Gasteiger partial charge in [-0.15, -0.1) is 24.0 Å². The molecule has 0 radical (unpaired) electrons. The summed E-state index contributed by atoms with van der Waals surface area (Å²) in [5.41, 5.74) is 2.56. The van der Waals surface area contributed by atoms with Gasteiger partial charge >= 0.3 is 0 Å². The summed E-state index contributed by atoms with van der Waals surface area (Å²) in [6, 6.07) is 8.51. The van der Waals surface area contributed by atoms with Gasteiger partial charge in [-0.1, -0.05) is 29.8 Å². The van der Waals surface area contributed by atoms with Crippen LogP contribution in [0.25, 0.3) is 0 Å². The number of halogens is 1. The molecule has 102 valence electrons. The Morgan fingerprint density at radius 1 is 1.17 bits per heavy atom. The topological polar surface area (TPSA) is 36.4 Å². The number of benzene rings is 1. The summed E-state index contributed by atoms with van der Waals surface area (Å²) in [5.74, 6) is 0.832. The van der Waals surface area contributed by atoms with Crippen molar-refractivity contribution >= 4 is 29.9 Å². The van der Waals surface area contributed by atoms with E-state index in [9.17, 15) is 0 Å². The van der Waals surface area contributed by atoms with Gasteiger partial charge < -0.3 is 10.6 Å². The maximum absolute atomic E-state index is 4.20. The van der Waals surface area contributed by atoms with E-state index in [0.29, 0.717) is 0 Å². The molecule has 0 bridgehead atoms. The molecule has 18 heavy (non-hydrogen) atoms. The predicted octanol–water partition coefficient (Wildman–Crippen LogP) is 3.08. The summed E-state index contributed by atoms with van der Waals surface area (Å²) in [6.07, 6.45) is 0. The Balaban J connectivity index is 0.00000289. The van der Waals surface area contributed by atoms with E-state index in [1.165, 1.54) is 11.1 Å². The Morgan fingerprint density at radius 2 is 1.72 bits per heavy atom. The maximum atomic E-state index is 4.20. The van der Waals surface area contributed by atoms with Gasteiger partial charge in [-0.3, -0.25) is 4.99 Å². The zero-order chi connectivity index (χ0) is 12.9.